The zero-order chi connectivity index (χ0) is 20.4. The third-order valence-electron chi connectivity index (χ3n) is 4.00. The molecule has 0 bridgehead atoms. The van der Waals surface area contributed by atoms with Gasteiger partial charge in [-0.2, -0.15) is 8.78 Å². The molecule has 0 atom stereocenters. The summed E-state index contributed by atoms with van der Waals surface area (Å²) in [4.78, 5) is 10.5. The molecule has 0 aliphatic carbocycles. The van der Waals surface area contributed by atoms with Crippen LogP contribution in [-0.4, -0.2) is 17.7 Å². The van der Waals surface area contributed by atoms with E-state index in [2.05, 4.69) is 6.92 Å². The number of alkyl halides is 2. The number of benzene rings is 2. The molecule has 6 heteroatoms. The minimum absolute atomic E-state index is 0.0197. The summed E-state index contributed by atoms with van der Waals surface area (Å²) in [5.74, 6) is -0.556. The minimum atomic E-state index is -3.50. The highest BCUT2D eigenvalue weighted by Gasteiger charge is 2.34. The molecule has 28 heavy (non-hydrogen) atoms. The van der Waals surface area contributed by atoms with Gasteiger partial charge in [-0.1, -0.05) is 38.3 Å². The van der Waals surface area contributed by atoms with E-state index in [1.807, 2.05) is 0 Å². The normalized spacial score (nSPS) is 11.5. The molecule has 0 radical (unpaired) electrons. The topological polar surface area (TPSA) is 55.8 Å². The summed E-state index contributed by atoms with van der Waals surface area (Å²) < 4.78 is 39.1. The molecule has 0 saturated heterocycles. The highest BCUT2D eigenvalue weighted by molar-refractivity contribution is 5.85. The van der Waals surface area contributed by atoms with Crippen LogP contribution in [0, 0.1) is 0 Å². The van der Waals surface area contributed by atoms with Crippen molar-refractivity contribution in [1.29, 1.82) is 0 Å². The summed E-state index contributed by atoms with van der Waals surface area (Å²) in [5.41, 5.74) is 0.291. The SMILES string of the molecule is CCCCCCOc1ccc(C(F)(F)Oc2ccc(/C=C/C(=O)O)cc2)cc1. The van der Waals surface area contributed by atoms with Crippen LogP contribution >= 0.6 is 0 Å². The van der Waals surface area contributed by atoms with Gasteiger partial charge in [-0.25, -0.2) is 4.79 Å². The van der Waals surface area contributed by atoms with Gasteiger partial charge in [0.05, 0.1) is 12.2 Å². The summed E-state index contributed by atoms with van der Waals surface area (Å²) >= 11 is 0. The molecule has 0 aliphatic rings. The van der Waals surface area contributed by atoms with Crippen molar-refractivity contribution in [1.82, 2.24) is 0 Å². The van der Waals surface area contributed by atoms with E-state index in [1.165, 1.54) is 54.6 Å². The Morgan fingerprint density at radius 2 is 1.64 bits per heavy atom. The van der Waals surface area contributed by atoms with E-state index in [0.29, 0.717) is 17.9 Å². The summed E-state index contributed by atoms with van der Waals surface area (Å²) in [6.07, 6.45) is 3.16. The monoisotopic (exact) mass is 390 g/mol. The molecular formula is C22H24F2O4. The Kier molecular flexibility index (Phi) is 7.99. The maximum Gasteiger partial charge on any atom is 0.426 e. The smallest absolute Gasteiger partial charge is 0.426 e. The van der Waals surface area contributed by atoms with Crippen LogP contribution in [0.2, 0.25) is 0 Å². The molecule has 0 heterocycles. The average Bonchev–Trinajstić information content (AvgIpc) is 2.67. The van der Waals surface area contributed by atoms with Gasteiger partial charge in [0.2, 0.25) is 0 Å². The molecular weight excluding hydrogens is 366 g/mol. The van der Waals surface area contributed by atoms with Gasteiger partial charge >= 0.3 is 12.1 Å². The van der Waals surface area contributed by atoms with E-state index in [9.17, 15) is 13.6 Å². The number of rotatable bonds is 11. The van der Waals surface area contributed by atoms with Crippen LogP contribution < -0.4 is 9.47 Å². The first-order chi connectivity index (χ1) is 13.4. The molecule has 0 aromatic heterocycles. The van der Waals surface area contributed by atoms with Crippen LogP contribution in [0.15, 0.2) is 54.6 Å². The Bertz CT molecular complexity index is 768. The first kappa shape index (κ1) is 21.4. The fourth-order valence-corrected chi connectivity index (χ4v) is 2.49. The Hall–Kier alpha value is -2.89. The number of hydrogen-bond acceptors (Lipinski definition) is 3. The number of aliphatic carboxylic acids is 1. The van der Waals surface area contributed by atoms with E-state index in [0.717, 1.165) is 31.8 Å². The van der Waals surface area contributed by atoms with Crippen LogP contribution in [0.4, 0.5) is 8.78 Å². The van der Waals surface area contributed by atoms with Crippen molar-refractivity contribution in [3.05, 3.63) is 65.7 Å². The molecule has 150 valence electrons. The predicted molar refractivity (Wildman–Crippen MR) is 104 cm³/mol. The molecule has 4 nitrogen and oxygen atoms in total. The standard InChI is InChI=1S/C22H24F2O4/c1-2-3-4-5-16-27-19-13-9-18(10-14-19)22(23,24)28-20-11-6-17(7-12-20)8-15-21(25)26/h6-15H,2-5,16H2,1H3,(H,25,26)/b15-8+. The number of unbranched alkanes of at least 4 members (excludes halogenated alkanes) is 3. The van der Waals surface area contributed by atoms with Crippen molar-refractivity contribution < 1.29 is 28.2 Å². The van der Waals surface area contributed by atoms with Crippen LogP contribution in [0.3, 0.4) is 0 Å². The molecule has 0 unspecified atom stereocenters. The molecule has 0 spiro atoms. The van der Waals surface area contributed by atoms with Crippen LogP contribution in [0.25, 0.3) is 6.08 Å². The number of carboxylic acids is 1. The highest BCUT2D eigenvalue weighted by atomic mass is 19.3. The van der Waals surface area contributed by atoms with Gasteiger partial charge in [-0.3, -0.25) is 0 Å². The molecule has 2 aromatic carbocycles. The van der Waals surface area contributed by atoms with Crippen LogP contribution in [0.1, 0.15) is 43.7 Å². The fraction of sp³-hybridized carbons (Fsp3) is 0.318. The zero-order valence-corrected chi connectivity index (χ0v) is 15.7. The number of carboxylic acid groups (broad SMARTS) is 1. The number of ether oxygens (including phenoxy) is 2. The lowest BCUT2D eigenvalue weighted by atomic mass is 10.2. The molecule has 2 aromatic rings. The van der Waals surface area contributed by atoms with Crippen molar-refractivity contribution in [2.75, 3.05) is 6.61 Å². The Morgan fingerprint density at radius 1 is 1.00 bits per heavy atom. The van der Waals surface area contributed by atoms with E-state index in [1.54, 1.807) is 0 Å². The van der Waals surface area contributed by atoms with E-state index in [4.69, 9.17) is 14.6 Å². The maximum absolute atomic E-state index is 14.4. The summed E-state index contributed by atoms with van der Waals surface area (Å²) in [7, 11) is 0. The lowest BCUT2D eigenvalue weighted by molar-refractivity contribution is -0.185. The lowest BCUT2D eigenvalue weighted by Crippen LogP contribution is -2.21. The minimum Gasteiger partial charge on any atom is -0.494 e. The molecule has 2 rings (SSSR count). The second-order valence-corrected chi connectivity index (χ2v) is 6.29. The lowest BCUT2D eigenvalue weighted by Gasteiger charge is -2.18. The van der Waals surface area contributed by atoms with Gasteiger partial charge in [0, 0.05) is 6.08 Å². The first-order valence-electron chi connectivity index (χ1n) is 9.22. The van der Waals surface area contributed by atoms with Crippen LogP contribution in [-0.2, 0) is 10.9 Å². The van der Waals surface area contributed by atoms with E-state index < -0.39 is 12.1 Å². The Labute approximate surface area is 163 Å². The van der Waals surface area contributed by atoms with Crippen molar-refractivity contribution in [2.24, 2.45) is 0 Å². The fourth-order valence-electron chi connectivity index (χ4n) is 2.49. The molecule has 0 saturated carbocycles. The van der Waals surface area contributed by atoms with Crippen molar-refractivity contribution >= 4 is 12.0 Å². The van der Waals surface area contributed by atoms with Crippen LogP contribution in [0.5, 0.6) is 11.5 Å². The molecule has 0 fully saturated rings. The third kappa shape index (κ3) is 7.02. The molecule has 0 amide bonds. The van der Waals surface area contributed by atoms with Gasteiger partial charge in [0.1, 0.15) is 11.5 Å². The molecule has 0 aliphatic heterocycles. The van der Waals surface area contributed by atoms with Crippen molar-refractivity contribution in [3.8, 4) is 11.5 Å². The van der Waals surface area contributed by atoms with Crippen molar-refractivity contribution in [2.45, 2.75) is 38.7 Å². The maximum atomic E-state index is 14.4. The van der Waals surface area contributed by atoms with Gasteiger partial charge < -0.3 is 14.6 Å². The Balaban J connectivity index is 1.93. The second kappa shape index (κ2) is 10.4. The summed E-state index contributed by atoms with van der Waals surface area (Å²) in [5, 5.41) is 8.59. The highest BCUT2D eigenvalue weighted by Crippen LogP contribution is 2.32. The predicted octanol–water partition coefficient (Wildman–Crippen LogP) is 5.87. The zero-order valence-electron chi connectivity index (χ0n) is 15.7. The Morgan fingerprint density at radius 3 is 2.25 bits per heavy atom. The number of carbonyl (C=O) groups is 1. The quantitative estimate of drug-likeness (QED) is 0.385. The van der Waals surface area contributed by atoms with Gasteiger partial charge in [-0.15, -0.1) is 0 Å². The molecule has 1 N–H and O–H groups in total. The van der Waals surface area contributed by atoms with E-state index >= 15 is 0 Å². The summed E-state index contributed by atoms with van der Waals surface area (Å²) in [6, 6.07) is 11.3. The average molecular weight is 390 g/mol. The van der Waals surface area contributed by atoms with Gasteiger partial charge in [0.15, 0.2) is 0 Å². The first-order valence-corrected chi connectivity index (χ1v) is 9.22. The van der Waals surface area contributed by atoms with Crippen molar-refractivity contribution in [3.63, 3.8) is 0 Å². The number of hydrogen-bond donors (Lipinski definition) is 1. The third-order valence-corrected chi connectivity index (χ3v) is 4.00. The van der Waals surface area contributed by atoms with E-state index in [-0.39, 0.29) is 11.3 Å². The number of halogens is 2. The summed E-state index contributed by atoms with van der Waals surface area (Å²) in [6.45, 7) is 2.70. The van der Waals surface area contributed by atoms with Gasteiger partial charge in [-0.05, 0) is 54.5 Å². The van der Waals surface area contributed by atoms with Gasteiger partial charge in [0.25, 0.3) is 0 Å². The largest absolute Gasteiger partial charge is 0.494 e. The second-order valence-electron chi connectivity index (χ2n) is 6.29.